The van der Waals surface area contributed by atoms with E-state index in [0.29, 0.717) is 6.54 Å². The Morgan fingerprint density at radius 3 is 2.35 bits per heavy atom. The predicted octanol–water partition coefficient (Wildman–Crippen LogP) is 4.15. The standard InChI is InChI=1S/C20H17N3/c21-13-18-14-23(19-8-2-1-3-9-19)22-20(18)17-11-10-15-6-4-5-7-16(15)12-17/h1-12,14H,13,21H2. The molecule has 23 heavy (non-hydrogen) atoms. The smallest absolute Gasteiger partial charge is 0.0972 e. The van der Waals surface area contributed by atoms with E-state index in [1.54, 1.807) is 0 Å². The maximum absolute atomic E-state index is 5.94. The molecule has 0 fully saturated rings. The number of aromatic nitrogens is 2. The number of benzene rings is 3. The third-order valence-corrected chi connectivity index (χ3v) is 4.05. The lowest BCUT2D eigenvalue weighted by Crippen LogP contribution is -1.96. The van der Waals surface area contributed by atoms with Gasteiger partial charge < -0.3 is 5.73 Å². The summed E-state index contributed by atoms with van der Waals surface area (Å²) in [6, 6.07) is 24.9. The van der Waals surface area contributed by atoms with Crippen molar-refractivity contribution < 1.29 is 0 Å². The van der Waals surface area contributed by atoms with E-state index in [-0.39, 0.29) is 0 Å². The number of nitrogens with two attached hydrogens (primary N) is 1. The van der Waals surface area contributed by atoms with Gasteiger partial charge in [0.15, 0.2) is 0 Å². The quantitative estimate of drug-likeness (QED) is 0.617. The van der Waals surface area contributed by atoms with Crippen LogP contribution >= 0.6 is 0 Å². The van der Waals surface area contributed by atoms with Crippen LogP contribution < -0.4 is 5.73 Å². The molecule has 2 N–H and O–H groups in total. The molecule has 0 saturated heterocycles. The van der Waals surface area contributed by atoms with Crippen molar-refractivity contribution in [2.45, 2.75) is 6.54 Å². The van der Waals surface area contributed by atoms with Crippen LogP contribution in [-0.4, -0.2) is 9.78 Å². The van der Waals surface area contributed by atoms with E-state index in [4.69, 9.17) is 10.8 Å². The Hall–Kier alpha value is -2.91. The number of hydrogen-bond acceptors (Lipinski definition) is 2. The van der Waals surface area contributed by atoms with Gasteiger partial charge in [0, 0.05) is 23.9 Å². The van der Waals surface area contributed by atoms with Gasteiger partial charge in [-0.05, 0) is 29.0 Å². The van der Waals surface area contributed by atoms with Crippen molar-refractivity contribution >= 4 is 10.8 Å². The van der Waals surface area contributed by atoms with E-state index < -0.39 is 0 Å². The topological polar surface area (TPSA) is 43.8 Å². The first kappa shape index (κ1) is 13.7. The Balaban J connectivity index is 1.85. The first-order chi connectivity index (χ1) is 11.3. The minimum Gasteiger partial charge on any atom is -0.326 e. The second kappa shape index (κ2) is 5.71. The summed E-state index contributed by atoms with van der Waals surface area (Å²) in [6.45, 7) is 0.467. The van der Waals surface area contributed by atoms with Crippen molar-refractivity contribution in [2.24, 2.45) is 5.73 Å². The third kappa shape index (κ3) is 2.51. The summed E-state index contributed by atoms with van der Waals surface area (Å²) in [5, 5.41) is 7.21. The zero-order chi connectivity index (χ0) is 15.6. The van der Waals surface area contributed by atoms with Gasteiger partial charge in [-0.3, -0.25) is 0 Å². The van der Waals surface area contributed by atoms with Crippen molar-refractivity contribution in [3.63, 3.8) is 0 Å². The van der Waals surface area contributed by atoms with Crippen LogP contribution in [0.25, 0.3) is 27.7 Å². The lowest BCUT2D eigenvalue weighted by Gasteiger charge is -2.03. The summed E-state index contributed by atoms with van der Waals surface area (Å²) in [7, 11) is 0. The van der Waals surface area contributed by atoms with E-state index >= 15 is 0 Å². The molecule has 0 bridgehead atoms. The predicted molar refractivity (Wildman–Crippen MR) is 94.4 cm³/mol. The van der Waals surface area contributed by atoms with Gasteiger partial charge in [0.25, 0.3) is 0 Å². The monoisotopic (exact) mass is 299 g/mol. The van der Waals surface area contributed by atoms with Gasteiger partial charge in [0.2, 0.25) is 0 Å². The van der Waals surface area contributed by atoms with Crippen LogP contribution in [0, 0.1) is 0 Å². The lowest BCUT2D eigenvalue weighted by molar-refractivity contribution is 0.883. The van der Waals surface area contributed by atoms with Crippen molar-refractivity contribution in [3.05, 3.63) is 84.6 Å². The molecule has 0 spiro atoms. The number of rotatable bonds is 3. The molecule has 1 heterocycles. The van der Waals surface area contributed by atoms with E-state index in [9.17, 15) is 0 Å². The van der Waals surface area contributed by atoms with Crippen molar-refractivity contribution in [1.82, 2.24) is 9.78 Å². The van der Waals surface area contributed by atoms with Gasteiger partial charge in [-0.1, -0.05) is 54.6 Å². The summed E-state index contributed by atoms with van der Waals surface area (Å²) >= 11 is 0. The molecule has 112 valence electrons. The first-order valence-corrected chi connectivity index (χ1v) is 7.68. The van der Waals surface area contributed by atoms with E-state index in [2.05, 4.69) is 42.5 Å². The maximum Gasteiger partial charge on any atom is 0.0972 e. The highest BCUT2D eigenvalue weighted by molar-refractivity contribution is 5.87. The minimum absolute atomic E-state index is 0.467. The molecule has 0 aliphatic heterocycles. The summed E-state index contributed by atoms with van der Waals surface area (Å²) in [6.07, 6.45) is 2.01. The largest absolute Gasteiger partial charge is 0.326 e. The van der Waals surface area contributed by atoms with E-state index in [1.165, 1.54) is 10.8 Å². The summed E-state index contributed by atoms with van der Waals surface area (Å²) in [5.41, 5.74) is 10.1. The van der Waals surface area contributed by atoms with Gasteiger partial charge in [-0.2, -0.15) is 5.10 Å². The Labute approximate surface area is 135 Å². The fraction of sp³-hybridized carbons (Fsp3) is 0.0500. The average Bonchev–Trinajstić information content (AvgIpc) is 3.06. The minimum atomic E-state index is 0.467. The lowest BCUT2D eigenvalue weighted by atomic mass is 10.0. The fourth-order valence-corrected chi connectivity index (χ4v) is 2.85. The highest BCUT2D eigenvalue weighted by Crippen LogP contribution is 2.27. The Morgan fingerprint density at radius 1 is 0.826 bits per heavy atom. The molecule has 0 unspecified atom stereocenters. The van der Waals surface area contributed by atoms with Crippen molar-refractivity contribution in [2.75, 3.05) is 0 Å². The van der Waals surface area contributed by atoms with E-state index in [0.717, 1.165) is 22.5 Å². The highest BCUT2D eigenvalue weighted by atomic mass is 15.3. The Bertz CT molecular complexity index is 955. The number of nitrogens with zero attached hydrogens (tertiary/aromatic N) is 2. The maximum atomic E-state index is 5.94. The first-order valence-electron chi connectivity index (χ1n) is 7.68. The summed E-state index contributed by atoms with van der Waals surface area (Å²) < 4.78 is 1.90. The molecule has 0 atom stereocenters. The van der Waals surface area contributed by atoms with Gasteiger partial charge >= 0.3 is 0 Å². The van der Waals surface area contributed by atoms with Crippen LogP contribution in [0.4, 0.5) is 0 Å². The molecule has 4 aromatic rings. The zero-order valence-electron chi connectivity index (χ0n) is 12.7. The van der Waals surface area contributed by atoms with Gasteiger partial charge in [-0.15, -0.1) is 0 Å². The van der Waals surface area contributed by atoms with Crippen LogP contribution in [0.5, 0.6) is 0 Å². The summed E-state index contributed by atoms with van der Waals surface area (Å²) in [5.74, 6) is 0. The van der Waals surface area contributed by atoms with Crippen LogP contribution in [-0.2, 0) is 6.54 Å². The molecule has 3 heteroatoms. The molecular weight excluding hydrogens is 282 g/mol. The molecule has 3 nitrogen and oxygen atoms in total. The molecule has 0 aliphatic carbocycles. The molecule has 0 amide bonds. The summed E-state index contributed by atoms with van der Waals surface area (Å²) in [4.78, 5) is 0. The number of para-hydroxylation sites is 1. The van der Waals surface area contributed by atoms with Gasteiger partial charge in [0.1, 0.15) is 0 Å². The van der Waals surface area contributed by atoms with Crippen molar-refractivity contribution in [3.8, 4) is 16.9 Å². The highest BCUT2D eigenvalue weighted by Gasteiger charge is 2.11. The third-order valence-electron chi connectivity index (χ3n) is 4.05. The molecule has 0 saturated carbocycles. The van der Waals surface area contributed by atoms with Gasteiger partial charge in [0.05, 0.1) is 11.4 Å². The molecular formula is C20H17N3. The second-order valence-electron chi connectivity index (χ2n) is 5.55. The second-order valence-corrected chi connectivity index (χ2v) is 5.55. The van der Waals surface area contributed by atoms with Gasteiger partial charge in [-0.25, -0.2) is 4.68 Å². The Kier molecular flexibility index (Phi) is 3.41. The van der Waals surface area contributed by atoms with Crippen LogP contribution in [0.15, 0.2) is 79.0 Å². The molecule has 0 aliphatic rings. The Morgan fingerprint density at radius 2 is 1.57 bits per heavy atom. The van der Waals surface area contributed by atoms with Crippen LogP contribution in [0.2, 0.25) is 0 Å². The average molecular weight is 299 g/mol. The molecule has 4 rings (SSSR count). The molecule has 3 aromatic carbocycles. The molecule has 0 radical (unpaired) electrons. The SMILES string of the molecule is NCc1cn(-c2ccccc2)nc1-c1ccc2ccccc2c1. The fourth-order valence-electron chi connectivity index (χ4n) is 2.85. The van der Waals surface area contributed by atoms with Crippen molar-refractivity contribution in [1.29, 1.82) is 0 Å². The van der Waals surface area contributed by atoms with Crippen LogP contribution in [0.3, 0.4) is 0 Å². The number of hydrogen-bond donors (Lipinski definition) is 1. The van der Waals surface area contributed by atoms with Crippen LogP contribution in [0.1, 0.15) is 5.56 Å². The number of fused-ring (bicyclic) bond motifs is 1. The zero-order valence-corrected chi connectivity index (χ0v) is 12.7. The van der Waals surface area contributed by atoms with E-state index in [1.807, 2.05) is 41.2 Å². The molecule has 1 aromatic heterocycles. The normalized spacial score (nSPS) is 11.0.